The predicted molar refractivity (Wildman–Crippen MR) is 94.9 cm³/mol. The molecule has 11 heteroatoms. The second-order valence-electron chi connectivity index (χ2n) is 5.08. The lowest BCUT2D eigenvalue weighted by Crippen LogP contribution is -2.08. The van der Waals surface area contributed by atoms with Crippen molar-refractivity contribution >= 4 is 40.3 Å². The number of hydrogen-bond acceptors (Lipinski definition) is 7. The fourth-order valence-corrected chi connectivity index (χ4v) is 2.01. The van der Waals surface area contributed by atoms with Crippen LogP contribution in [0, 0.1) is 20.2 Å². The first-order valence-electron chi connectivity index (χ1n) is 7.28. The van der Waals surface area contributed by atoms with Crippen LogP contribution < -0.4 is 10.6 Å². The first kappa shape index (κ1) is 19.1. The van der Waals surface area contributed by atoms with Crippen LogP contribution in [0.1, 0.15) is 0 Å². The van der Waals surface area contributed by atoms with Crippen LogP contribution in [0.15, 0.2) is 54.6 Å². The number of nitro benzene ring substituents is 2. The average molecular weight is 372 g/mol. The molecule has 2 rings (SSSR count). The molecule has 0 unspecified atom stereocenters. The van der Waals surface area contributed by atoms with Gasteiger partial charge in [0.1, 0.15) is 5.69 Å². The summed E-state index contributed by atoms with van der Waals surface area (Å²) in [6, 6.07) is 9.23. The second-order valence-corrected chi connectivity index (χ2v) is 5.08. The minimum Gasteiger partial charge on any atom is -0.478 e. The highest BCUT2D eigenvalue weighted by Gasteiger charge is 2.19. The van der Waals surface area contributed by atoms with Gasteiger partial charge in [-0.1, -0.05) is 0 Å². The lowest BCUT2D eigenvalue weighted by atomic mass is 10.2. The van der Waals surface area contributed by atoms with E-state index in [-0.39, 0.29) is 5.69 Å². The van der Waals surface area contributed by atoms with Crippen LogP contribution in [-0.4, -0.2) is 26.8 Å². The van der Waals surface area contributed by atoms with E-state index in [1.54, 1.807) is 0 Å². The Morgan fingerprint density at radius 2 is 1.56 bits per heavy atom. The highest BCUT2D eigenvalue weighted by molar-refractivity contribution is 6.02. The van der Waals surface area contributed by atoms with Gasteiger partial charge in [0, 0.05) is 29.6 Å². The minimum absolute atomic E-state index is 0.0618. The molecule has 0 saturated carbocycles. The molecule has 0 aliphatic heterocycles. The number of nitrogens with zero attached hydrogens (tertiary/aromatic N) is 2. The van der Waals surface area contributed by atoms with Gasteiger partial charge in [-0.2, -0.15) is 0 Å². The Kier molecular flexibility index (Phi) is 5.79. The number of nitrogens with one attached hydrogen (secondary N) is 2. The third-order valence-electron chi connectivity index (χ3n) is 3.20. The first-order valence-corrected chi connectivity index (χ1v) is 7.28. The molecule has 2 aromatic carbocycles. The van der Waals surface area contributed by atoms with Gasteiger partial charge in [0.25, 0.3) is 11.4 Å². The fourth-order valence-electron chi connectivity index (χ4n) is 2.01. The van der Waals surface area contributed by atoms with Crippen LogP contribution in [-0.2, 0) is 9.59 Å². The van der Waals surface area contributed by atoms with Crippen molar-refractivity contribution in [2.24, 2.45) is 0 Å². The van der Waals surface area contributed by atoms with E-state index in [1.165, 1.54) is 30.3 Å². The normalized spacial score (nSPS) is 10.4. The summed E-state index contributed by atoms with van der Waals surface area (Å²) in [7, 11) is 0. The van der Waals surface area contributed by atoms with Crippen LogP contribution >= 0.6 is 0 Å². The maximum Gasteiger partial charge on any atom is 0.328 e. The molecule has 2 aromatic rings. The fraction of sp³-hybridized carbons (Fsp3) is 0. The van der Waals surface area contributed by atoms with Crippen molar-refractivity contribution in [2.45, 2.75) is 0 Å². The van der Waals surface area contributed by atoms with E-state index in [0.717, 1.165) is 18.2 Å². The largest absolute Gasteiger partial charge is 0.478 e. The molecule has 0 aromatic heterocycles. The summed E-state index contributed by atoms with van der Waals surface area (Å²) in [5, 5.41) is 35.5. The van der Waals surface area contributed by atoms with E-state index in [2.05, 4.69) is 10.6 Å². The molecule has 27 heavy (non-hydrogen) atoms. The molecule has 11 nitrogen and oxygen atoms in total. The summed E-state index contributed by atoms with van der Waals surface area (Å²) < 4.78 is 0. The van der Waals surface area contributed by atoms with Crippen LogP contribution in [0.2, 0.25) is 0 Å². The third-order valence-corrected chi connectivity index (χ3v) is 3.20. The molecule has 1 amide bonds. The number of nitro groups is 2. The SMILES string of the molecule is O=C(O)/C=C\C(=O)Nc1ccc(Nc2ccc([N+](=O)[O-])cc2[N+](=O)[O-])cc1. The number of hydrogen-bond donors (Lipinski definition) is 3. The minimum atomic E-state index is -1.26. The molecule has 0 aliphatic carbocycles. The predicted octanol–water partition coefficient (Wildman–Crippen LogP) is 2.83. The van der Waals surface area contributed by atoms with Gasteiger partial charge < -0.3 is 15.7 Å². The van der Waals surface area contributed by atoms with Crippen LogP contribution in [0.4, 0.5) is 28.4 Å². The summed E-state index contributed by atoms with van der Waals surface area (Å²) in [6.07, 6.45) is 1.55. The van der Waals surface area contributed by atoms with Gasteiger partial charge in [-0.3, -0.25) is 25.0 Å². The number of carboxylic acids is 1. The van der Waals surface area contributed by atoms with Crippen molar-refractivity contribution in [1.29, 1.82) is 0 Å². The Labute approximate surface area is 151 Å². The molecule has 0 fully saturated rings. The van der Waals surface area contributed by atoms with Crippen molar-refractivity contribution in [3.05, 3.63) is 74.8 Å². The molecule has 0 aliphatic rings. The monoisotopic (exact) mass is 372 g/mol. The number of benzene rings is 2. The smallest absolute Gasteiger partial charge is 0.328 e. The molecule has 0 saturated heterocycles. The average Bonchev–Trinajstić information content (AvgIpc) is 2.61. The summed E-state index contributed by atoms with van der Waals surface area (Å²) in [4.78, 5) is 42.2. The van der Waals surface area contributed by atoms with Crippen molar-refractivity contribution < 1.29 is 24.5 Å². The number of non-ortho nitro benzene ring substituents is 1. The van der Waals surface area contributed by atoms with E-state index in [0.29, 0.717) is 17.5 Å². The summed E-state index contributed by atoms with van der Waals surface area (Å²) >= 11 is 0. The molecule has 0 heterocycles. The molecule has 0 spiro atoms. The molecular weight excluding hydrogens is 360 g/mol. The second kappa shape index (κ2) is 8.20. The van der Waals surface area contributed by atoms with Crippen molar-refractivity contribution in [3.63, 3.8) is 0 Å². The van der Waals surface area contributed by atoms with Gasteiger partial charge in [-0.05, 0) is 30.3 Å². The highest BCUT2D eigenvalue weighted by atomic mass is 16.6. The van der Waals surface area contributed by atoms with Crippen LogP contribution in [0.3, 0.4) is 0 Å². The lowest BCUT2D eigenvalue weighted by Gasteiger charge is -2.08. The molecule has 3 N–H and O–H groups in total. The van der Waals surface area contributed by atoms with Gasteiger partial charge in [-0.15, -0.1) is 0 Å². The van der Waals surface area contributed by atoms with E-state index >= 15 is 0 Å². The quantitative estimate of drug-likeness (QED) is 0.379. The first-order chi connectivity index (χ1) is 12.8. The van der Waals surface area contributed by atoms with E-state index in [9.17, 15) is 29.8 Å². The zero-order valence-corrected chi connectivity index (χ0v) is 13.5. The van der Waals surface area contributed by atoms with E-state index in [4.69, 9.17) is 5.11 Å². The molecule has 138 valence electrons. The number of aliphatic carboxylic acids is 1. The number of carbonyl (C=O) groups is 2. The molecule has 0 bridgehead atoms. The summed E-state index contributed by atoms with van der Waals surface area (Å²) in [5.41, 5.74) is 0.0108. The highest BCUT2D eigenvalue weighted by Crippen LogP contribution is 2.31. The topological polar surface area (TPSA) is 165 Å². The molecule has 0 radical (unpaired) electrons. The standard InChI is InChI=1S/C16H12N4O7/c21-15(7-8-16(22)23)18-11-3-1-10(2-4-11)17-13-6-5-12(19(24)25)9-14(13)20(26)27/h1-9,17H,(H,18,21)(H,22,23)/b8-7-. The van der Waals surface area contributed by atoms with Crippen molar-refractivity contribution in [1.82, 2.24) is 0 Å². The summed E-state index contributed by atoms with van der Waals surface area (Å²) in [5.74, 6) is -1.89. The molecular formula is C16H12N4O7. The maximum absolute atomic E-state index is 11.5. The Morgan fingerprint density at radius 1 is 0.926 bits per heavy atom. The number of amides is 1. The number of rotatable bonds is 7. The zero-order valence-electron chi connectivity index (χ0n) is 13.5. The van der Waals surface area contributed by atoms with Gasteiger partial charge in [0.05, 0.1) is 15.9 Å². The van der Waals surface area contributed by atoms with Crippen LogP contribution in [0.5, 0.6) is 0 Å². The van der Waals surface area contributed by atoms with Gasteiger partial charge in [0.15, 0.2) is 0 Å². The van der Waals surface area contributed by atoms with Crippen LogP contribution in [0.25, 0.3) is 0 Å². The Bertz CT molecular complexity index is 938. The van der Waals surface area contributed by atoms with Gasteiger partial charge in [-0.25, -0.2) is 4.79 Å². The Morgan fingerprint density at radius 3 is 2.11 bits per heavy atom. The van der Waals surface area contributed by atoms with Gasteiger partial charge in [0.2, 0.25) is 5.91 Å². The van der Waals surface area contributed by atoms with Crippen molar-refractivity contribution in [2.75, 3.05) is 10.6 Å². The number of carbonyl (C=O) groups excluding carboxylic acids is 1. The maximum atomic E-state index is 11.5. The van der Waals surface area contributed by atoms with E-state index < -0.39 is 33.1 Å². The van der Waals surface area contributed by atoms with Crippen molar-refractivity contribution in [3.8, 4) is 0 Å². The third kappa shape index (κ3) is 5.35. The lowest BCUT2D eigenvalue weighted by molar-refractivity contribution is -0.393. The Balaban J connectivity index is 2.15. The van der Waals surface area contributed by atoms with E-state index in [1.807, 2.05) is 0 Å². The number of carboxylic acid groups (broad SMARTS) is 1. The molecule has 0 atom stereocenters. The number of anilines is 3. The van der Waals surface area contributed by atoms with Gasteiger partial charge >= 0.3 is 5.97 Å². The zero-order chi connectivity index (χ0) is 20.0. The summed E-state index contributed by atoms with van der Waals surface area (Å²) in [6.45, 7) is 0. The Hall–Kier alpha value is -4.28.